The molecule has 0 bridgehead atoms. The van der Waals surface area contributed by atoms with E-state index in [0.717, 1.165) is 11.1 Å². The van der Waals surface area contributed by atoms with Crippen LogP contribution in [0, 0.1) is 0 Å². The van der Waals surface area contributed by atoms with E-state index in [4.69, 9.17) is 14.4 Å². The molecule has 1 atom stereocenters. The molecule has 0 aliphatic carbocycles. The Morgan fingerprint density at radius 1 is 1.15 bits per heavy atom. The first-order valence-corrected chi connectivity index (χ1v) is 13.1. The zero-order chi connectivity index (χ0) is 24.6. The van der Waals surface area contributed by atoms with Gasteiger partial charge < -0.3 is 9.47 Å². The van der Waals surface area contributed by atoms with E-state index in [2.05, 4.69) is 9.61 Å². The third-order valence-electron chi connectivity index (χ3n) is 5.37. The van der Waals surface area contributed by atoms with Gasteiger partial charge in [-0.05, 0) is 56.9 Å². The van der Waals surface area contributed by atoms with Crippen molar-refractivity contribution in [3.8, 4) is 11.5 Å². The van der Waals surface area contributed by atoms with Crippen molar-refractivity contribution in [2.75, 3.05) is 18.9 Å². The second-order valence-corrected chi connectivity index (χ2v) is 10.9. The van der Waals surface area contributed by atoms with Gasteiger partial charge in [-0.15, -0.1) is 0 Å². The number of benzene rings is 2. The van der Waals surface area contributed by atoms with Crippen molar-refractivity contribution in [2.24, 2.45) is 0 Å². The summed E-state index contributed by atoms with van der Waals surface area (Å²) in [5.74, 6) is 0.566. The molecule has 1 N–H and O–H groups in total. The lowest BCUT2D eigenvalue weighted by Gasteiger charge is -2.37. The lowest BCUT2D eigenvalue weighted by atomic mass is 9.85. The zero-order valence-electron chi connectivity index (χ0n) is 19.9. The molecule has 186 valence electrons. The number of carbonyl (C=O) groups excluding carboxylic acids is 1. The zero-order valence-corrected chi connectivity index (χ0v) is 20.7. The maximum atomic E-state index is 12.8. The van der Waals surface area contributed by atoms with Crippen LogP contribution in [0.25, 0.3) is 0 Å². The fourth-order valence-corrected chi connectivity index (χ4v) is 5.32. The van der Waals surface area contributed by atoms with Crippen molar-refractivity contribution in [2.45, 2.75) is 58.2 Å². The van der Waals surface area contributed by atoms with Gasteiger partial charge in [0.2, 0.25) is 10.0 Å². The summed E-state index contributed by atoms with van der Waals surface area (Å²) in [6, 6.07) is 15.5. The first-order chi connectivity index (χ1) is 16.1. The molecule has 8 nitrogen and oxygen atoms in total. The molecule has 1 heterocycles. The largest absolute Gasteiger partial charge is 0.489 e. The third-order valence-corrected chi connectivity index (χ3v) is 6.85. The van der Waals surface area contributed by atoms with Gasteiger partial charge >= 0.3 is 5.97 Å². The quantitative estimate of drug-likeness (QED) is 0.271. The second-order valence-electron chi connectivity index (χ2n) is 9.02. The Hall–Kier alpha value is -2.62. The summed E-state index contributed by atoms with van der Waals surface area (Å²) in [5, 5.41) is 0. The number of rotatable bonds is 12. The molecular formula is C25H33NO7S. The van der Waals surface area contributed by atoms with Crippen LogP contribution < -0.4 is 14.2 Å². The van der Waals surface area contributed by atoms with Crippen LogP contribution in [0.4, 0.5) is 0 Å². The van der Waals surface area contributed by atoms with Gasteiger partial charge in [0.25, 0.3) is 0 Å². The third kappa shape index (κ3) is 8.30. The predicted molar refractivity (Wildman–Crippen MR) is 128 cm³/mol. The minimum Gasteiger partial charge on any atom is -0.489 e. The van der Waals surface area contributed by atoms with Crippen molar-refractivity contribution >= 4 is 16.0 Å². The standard InChI is InChI=1S/C25H33NO7S/c1-19(27)33-31-14-8-7-13-26-34(28,29)18-21-16-25(2,3)32-24-12-11-22(15-23(21)24)30-17-20-9-5-4-6-10-20/h4-6,9-12,15,21,26H,7-8,13-14,16-18H2,1-3H3. The molecule has 0 spiro atoms. The van der Waals surface area contributed by atoms with Gasteiger partial charge in [0, 0.05) is 24.9 Å². The normalized spacial score (nSPS) is 16.9. The average Bonchev–Trinajstić information content (AvgIpc) is 2.77. The molecule has 34 heavy (non-hydrogen) atoms. The number of fused-ring (bicyclic) bond motifs is 1. The van der Waals surface area contributed by atoms with E-state index in [1.54, 1.807) is 0 Å². The highest BCUT2D eigenvalue weighted by atomic mass is 32.2. The lowest BCUT2D eigenvalue weighted by molar-refractivity contribution is -0.270. The minimum absolute atomic E-state index is 0.0428. The Labute approximate surface area is 201 Å². The fraction of sp³-hybridized carbons (Fsp3) is 0.480. The summed E-state index contributed by atoms with van der Waals surface area (Å²) in [4.78, 5) is 19.8. The van der Waals surface area contributed by atoms with Crippen molar-refractivity contribution in [1.29, 1.82) is 0 Å². The SMILES string of the molecule is CC(=O)OOCCCCNS(=O)(=O)CC1CC(C)(C)Oc2ccc(OCc3ccccc3)cc21. The number of carbonyl (C=O) groups is 1. The predicted octanol–water partition coefficient (Wildman–Crippen LogP) is 4.10. The van der Waals surface area contributed by atoms with Crippen LogP contribution in [-0.2, 0) is 31.2 Å². The second kappa shape index (κ2) is 11.7. The van der Waals surface area contributed by atoms with Gasteiger partial charge in [0.1, 0.15) is 23.7 Å². The number of unbranched alkanes of at least 4 members (excludes halogenated alkanes) is 1. The maximum Gasteiger partial charge on any atom is 0.339 e. The highest BCUT2D eigenvalue weighted by Gasteiger charge is 2.36. The minimum atomic E-state index is -3.52. The van der Waals surface area contributed by atoms with Gasteiger partial charge in [-0.1, -0.05) is 30.3 Å². The Balaban J connectivity index is 1.60. The Morgan fingerprint density at radius 2 is 1.91 bits per heavy atom. The van der Waals surface area contributed by atoms with Crippen molar-refractivity contribution in [1.82, 2.24) is 4.72 Å². The summed E-state index contributed by atoms with van der Waals surface area (Å²) in [5.41, 5.74) is 1.41. The maximum absolute atomic E-state index is 12.8. The fourth-order valence-electron chi connectivity index (χ4n) is 3.92. The molecule has 0 aromatic heterocycles. The van der Waals surface area contributed by atoms with Crippen LogP contribution >= 0.6 is 0 Å². The van der Waals surface area contributed by atoms with Gasteiger partial charge in [-0.3, -0.25) is 4.89 Å². The summed E-state index contributed by atoms with van der Waals surface area (Å²) < 4.78 is 40.3. The summed E-state index contributed by atoms with van der Waals surface area (Å²) in [6.45, 7) is 6.11. The lowest BCUT2D eigenvalue weighted by Crippen LogP contribution is -2.39. The first kappa shape index (κ1) is 26.0. The van der Waals surface area contributed by atoms with Gasteiger partial charge in [-0.2, -0.15) is 4.89 Å². The number of hydrogen-bond acceptors (Lipinski definition) is 7. The monoisotopic (exact) mass is 491 g/mol. The van der Waals surface area contributed by atoms with E-state index in [1.807, 2.05) is 62.4 Å². The van der Waals surface area contributed by atoms with Gasteiger partial charge in [-0.25, -0.2) is 17.9 Å². The molecule has 9 heteroatoms. The summed E-state index contributed by atoms with van der Waals surface area (Å²) in [7, 11) is -3.52. The molecule has 2 aromatic carbocycles. The smallest absolute Gasteiger partial charge is 0.339 e. The number of ether oxygens (including phenoxy) is 2. The highest BCUT2D eigenvalue weighted by molar-refractivity contribution is 7.89. The van der Waals surface area contributed by atoms with Crippen LogP contribution in [0.2, 0.25) is 0 Å². The van der Waals surface area contributed by atoms with Crippen molar-refractivity contribution in [3.05, 3.63) is 59.7 Å². The first-order valence-electron chi connectivity index (χ1n) is 11.4. The molecular weight excluding hydrogens is 458 g/mol. The van der Waals surface area contributed by atoms with Gasteiger partial charge in [0.05, 0.1) is 12.4 Å². The highest BCUT2D eigenvalue weighted by Crippen LogP contribution is 2.43. The Bertz CT molecular complexity index is 1050. The van der Waals surface area contributed by atoms with Crippen LogP contribution in [0.15, 0.2) is 48.5 Å². The number of hydrogen-bond donors (Lipinski definition) is 1. The Kier molecular flexibility index (Phi) is 8.93. The van der Waals surface area contributed by atoms with Gasteiger partial charge in [0.15, 0.2) is 0 Å². The Morgan fingerprint density at radius 3 is 2.65 bits per heavy atom. The molecule has 3 rings (SSSR count). The van der Waals surface area contributed by atoms with E-state index in [1.165, 1.54) is 6.92 Å². The summed E-state index contributed by atoms with van der Waals surface area (Å²) in [6.07, 6.45) is 1.69. The molecule has 2 aromatic rings. The topological polar surface area (TPSA) is 100 Å². The van der Waals surface area contributed by atoms with Crippen LogP contribution in [0.3, 0.4) is 0 Å². The van der Waals surface area contributed by atoms with E-state index >= 15 is 0 Å². The van der Waals surface area contributed by atoms with Crippen molar-refractivity contribution in [3.63, 3.8) is 0 Å². The number of nitrogens with one attached hydrogen (secondary N) is 1. The summed E-state index contributed by atoms with van der Waals surface area (Å²) >= 11 is 0. The number of sulfonamides is 1. The van der Waals surface area contributed by atoms with Crippen molar-refractivity contribution < 1.29 is 32.5 Å². The molecule has 1 unspecified atom stereocenters. The molecule has 0 saturated heterocycles. The molecule has 0 radical (unpaired) electrons. The van der Waals surface area contributed by atoms with E-state index in [9.17, 15) is 13.2 Å². The molecule has 1 aliphatic heterocycles. The van der Waals surface area contributed by atoms with E-state index in [0.29, 0.717) is 37.4 Å². The van der Waals surface area contributed by atoms with E-state index in [-0.39, 0.29) is 24.8 Å². The molecule has 0 saturated carbocycles. The van der Waals surface area contributed by atoms with Crippen LogP contribution in [0.5, 0.6) is 11.5 Å². The average molecular weight is 492 g/mol. The molecule has 0 fully saturated rings. The van der Waals surface area contributed by atoms with E-state index < -0.39 is 21.6 Å². The van der Waals surface area contributed by atoms with Crippen LogP contribution in [0.1, 0.15) is 57.1 Å². The van der Waals surface area contributed by atoms with Crippen LogP contribution in [-0.4, -0.2) is 38.9 Å². The molecule has 1 aliphatic rings. The molecule has 0 amide bonds.